The molecule has 194 valence electrons. The summed E-state index contributed by atoms with van der Waals surface area (Å²) in [5.74, 6) is 0.222. The van der Waals surface area contributed by atoms with E-state index in [-0.39, 0.29) is 11.4 Å². The third-order valence-corrected chi connectivity index (χ3v) is 5.55. The van der Waals surface area contributed by atoms with Crippen molar-refractivity contribution in [1.82, 2.24) is 10.2 Å². The number of nitrogens with zero attached hydrogens (tertiary/aromatic N) is 1. The highest BCUT2D eigenvalue weighted by Crippen LogP contribution is 2.18. The zero-order valence-electron chi connectivity index (χ0n) is 22.1. The summed E-state index contributed by atoms with van der Waals surface area (Å²) in [6.07, 6.45) is 3.89. The second-order valence-electron chi connectivity index (χ2n) is 10.1. The number of aliphatic carboxylic acids is 1. The molecule has 1 rings (SSSR count). The molecule has 0 heterocycles. The number of hydrogen-bond donors (Lipinski definition) is 2. The zero-order valence-corrected chi connectivity index (χ0v) is 22.1. The van der Waals surface area contributed by atoms with Gasteiger partial charge < -0.3 is 24.8 Å². The van der Waals surface area contributed by atoms with Gasteiger partial charge in [0.15, 0.2) is 6.10 Å². The van der Waals surface area contributed by atoms with Crippen LogP contribution in [-0.4, -0.2) is 61.0 Å². The molecule has 2 N–H and O–H groups in total. The Balaban J connectivity index is 2.71. The highest BCUT2D eigenvalue weighted by atomic mass is 16.5. The van der Waals surface area contributed by atoms with Gasteiger partial charge in [-0.05, 0) is 48.8 Å². The molecule has 1 unspecified atom stereocenters. The lowest BCUT2D eigenvalue weighted by Gasteiger charge is -2.29. The van der Waals surface area contributed by atoms with Gasteiger partial charge in [-0.2, -0.15) is 0 Å². The summed E-state index contributed by atoms with van der Waals surface area (Å²) < 4.78 is 11.2. The van der Waals surface area contributed by atoms with Gasteiger partial charge in [-0.3, -0.25) is 0 Å². The van der Waals surface area contributed by atoms with Gasteiger partial charge in [0.1, 0.15) is 12.4 Å². The number of benzene rings is 1. The summed E-state index contributed by atoms with van der Waals surface area (Å²) in [4.78, 5) is 26.1. The quantitative estimate of drug-likeness (QED) is 0.333. The molecule has 0 aliphatic heterocycles. The lowest BCUT2D eigenvalue weighted by atomic mass is 9.97. The summed E-state index contributed by atoms with van der Waals surface area (Å²) in [5.41, 5.74) is 0.895. The van der Waals surface area contributed by atoms with E-state index in [9.17, 15) is 14.7 Å². The maximum atomic E-state index is 12.9. The van der Waals surface area contributed by atoms with Crippen LogP contribution >= 0.6 is 0 Å². The molecule has 0 spiro atoms. The van der Waals surface area contributed by atoms with E-state index < -0.39 is 12.1 Å². The van der Waals surface area contributed by atoms with Gasteiger partial charge in [0.25, 0.3) is 0 Å². The highest BCUT2D eigenvalue weighted by Gasteiger charge is 2.21. The fourth-order valence-corrected chi connectivity index (χ4v) is 3.81. The normalized spacial score (nSPS) is 12.4. The number of amides is 2. The van der Waals surface area contributed by atoms with Gasteiger partial charge in [-0.1, -0.05) is 59.6 Å². The molecule has 2 amide bonds. The average molecular weight is 479 g/mol. The number of urea groups is 1. The van der Waals surface area contributed by atoms with Crippen molar-refractivity contribution < 1.29 is 24.2 Å². The van der Waals surface area contributed by atoms with Gasteiger partial charge in [0.05, 0.1) is 6.54 Å². The fourth-order valence-electron chi connectivity index (χ4n) is 3.81. The van der Waals surface area contributed by atoms with Crippen LogP contribution in [0.25, 0.3) is 0 Å². The Morgan fingerprint density at radius 1 is 1.06 bits per heavy atom. The fraction of sp³-hybridized carbons (Fsp3) is 0.704. The minimum Gasteiger partial charge on any atom is -0.492 e. The molecule has 1 aromatic carbocycles. The Labute approximate surface area is 206 Å². The molecule has 0 aliphatic rings. The van der Waals surface area contributed by atoms with Gasteiger partial charge in [0, 0.05) is 26.1 Å². The van der Waals surface area contributed by atoms with Crippen molar-refractivity contribution in [2.45, 2.75) is 79.8 Å². The Bertz CT molecular complexity index is 709. The minimum atomic E-state index is -0.962. The van der Waals surface area contributed by atoms with Crippen molar-refractivity contribution in [3.63, 3.8) is 0 Å². The maximum absolute atomic E-state index is 12.9. The van der Waals surface area contributed by atoms with E-state index in [0.717, 1.165) is 37.8 Å². The minimum absolute atomic E-state index is 0.0215. The Kier molecular flexibility index (Phi) is 13.6. The summed E-state index contributed by atoms with van der Waals surface area (Å²) >= 11 is 0. The molecule has 1 atom stereocenters. The lowest BCUT2D eigenvalue weighted by molar-refractivity contribution is -0.149. The number of carbonyl (C=O) groups excluding carboxylic acids is 1. The van der Waals surface area contributed by atoms with Crippen molar-refractivity contribution >= 4 is 12.0 Å². The molecule has 7 nitrogen and oxygen atoms in total. The van der Waals surface area contributed by atoms with Crippen molar-refractivity contribution in [1.29, 1.82) is 0 Å². The van der Waals surface area contributed by atoms with E-state index in [1.54, 1.807) is 6.92 Å². The van der Waals surface area contributed by atoms with Crippen molar-refractivity contribution in [3.05, 3.63) is 29.8 Å². The Hall–Kier alpha value is -2.28. The first-order valence-electron chi connectivity index (χ1n) is 12.7. The lowest BCUT2D eigenvalue weighted by Crippen LogP contribution is -2.46. The number of ether oxygens (including phenoxy) is 2. The third-order valence-electron chi connectivity index (χ3n) is 5.55. The van der Waals surface area contributed by atoms with E-state index in [2.05, 4.69) is 39.9 Å². The van der Waals surface area contributed by atoms with Crippen LogP contribution in [0, 0.1) is 11.3 Å². The van der Waals surface area contributed by atoms with Gasteiger partial charge in [0.2, 0.25) is 0 Å². The largest absolute Gasteiger partial charge is 0.492 e. The molecule has 34 heavy (non-hydrogen) atoms. The first-order valence-corrected chi connectivity index (χ1v) is 12.7. The summed E-state index contributed by atoms with van der Waals surface area (Å²) in [7, 11) is 0. The van der Waals surface area contributed by atoms with Crippen LogP contribution in [0.5, 0.6) is 5.75 Å². The number of rotatable bonds is 16. The van der Waals surface area contributed by atoms with E-state index in [1.165, 1.54) is 0 Å². The molecule has 7 heteroatoms. The van der Waals surface area contributed by atoms with Crippen molar-refractivity contribution in [2.24, 2.45) is 11.3 Å². The Morgan fingerprint density at radius 3 is 2.18 bits per heavy atom. The van der Waals surface area contributed by atoms with E-state index in [4.69, 9.17) is 9.47 Å². The highest BCUT2D eigenvalue weighted by molar-refractivity contribution is 5.74. The maximum Gasteiger partial charge on any atom is 0.333 e. The van der Waals surface area contributed by atoms with Gasteiger partial charge in [-0.25, -0.2) is 9.59 Å². The van der Waals surface area contributed by atoms with E-state index >= 15 is 0 Å². The van der Waals surface area contributed by atoms with Crippen LogP contribution < -0.4 is 10.1 Å². The van der Waals surface area contributed by atoms with Crippen molar-refractivity contribution in [2.75, 3.05) is 32.8 Å². The summed E-state index contributed by atoms with van der Waals surface area (Å²) in [5, 5.41) is 12.3. The first-order chi connectivity index (χ1) is 16.1. The molecule has 0 aliphatic carbocycles. The predicted molar refractivity (Wildman–Crippen MR) is 136 cm³/mol. The topological polar surface area (TPSA) is 88.1 Å². The Morgan fingerprint density at radius 2 is 1.68 bits per heavy atom. The first kappa shape index (κ1) is 29.8. The van der Waals surface area contributed by atoms with Crippen LogP contribution in [0.4, 0.5) is 4.79 Å². The number of carboxylic acids is 1. The van der Waals surface area contributed by atoms with E-state index in [0.29, 0.717) is 44.4 Å². The van der Waals surface area contributed by atoms with Crippen LogP contribution in [-0.2, 0) is 16.0 Å². The van der Waals surface area contributed by atoms with Crippen molar-refractivity contribution in [3.8, 4) is 5.75 Å². The molecule has 0 bridgehead atoms. The number of hydrogen-bond acceptors (Lipinski definition) is 4. The number of nitrogens with one attached hydrogen (secondary N) is 1. The predicted octanol–water partition coefficient (Wildman–Crippen LogP) is 5.37. The number of carbonyl (C=O) groups is 2. The standard InChI is InChI=1S/C27H46N2O5/c1-7-10-22(11-8-2)19-29(26(32)28-20-27(4,5)6)16-17-34-23-14-12-21(13-15-23)18-24(25(30)31)33-9-3/h12-15,22,24H,7-11,16-20H2,1-6H3,(H,28,32)(H,30,31). The smallest absolute Gasteiger partial charge is 0.333 e. The summed E-state index contributed by atoms with van der Waals surface area (Å²) in [6.45, 7) is 15.1. The molecule has 0 radical (unpaired) electrons. The van der Waals surface area contributed by atoms with Crippen LogP contribution in [0.1, 0.15) is 72.8 Å². The van der Waals surface area contributed by atoms with E-state index in [1.807, 2.05) is 29.2 Å². The molecular weight excluding hydrogens is 432 g/mol. The average Bonchev–Trinajstić information content (AvgIpc) is 2.77. The number of carboxylic acid groups (broad SMARTS) is 1. The van der Waals surface area contributed by atoms with Gasteiger partial charge >= 0.3 is 12.0 Å². The van der Waals surface area contributed by atoms with Gasteiger partial charge in [-0.15, -0.1) is 0 Å². The monoisotopic (exact) mass is 478 g/mol. The molecule has 0 aromatic heterocycles. The van der Waals surface area contributed by atoms with Crippen LogP contribution in [0.3, 0.4) is 0 Å². The molecule has 0 fully saturated rings. The molecule has 1 aromatic rings. The molecule has 0 saturated carbocycles. The van der Waals surface area contributed by atoms with Crippen LogP contribution in [0.15, 0.2) is 24.3 Å². The van der Waals surface area contributed by atoms with Crippen LogP contribution in [0.2, 0.25) is 0 Å². The second kappa shape index (κ2) is 15.6. The SMILES string of the molecule is CCCC(CCC)CN(CCOc1ccc(CC(OCC)C(=O)O)cc1)C(=O)NCC(C)(C)C. The third kappa shape index (κ3) is 12.3. The molecule has 0 saturated heterocycles. The summed E-state index contributed by atoms with van der Waals surface area (Å²) in [6, 6.07) is 7.34. The second-order valence-corrected chi connectivity index (χ2v) is 10.1. The molecular formula is C27H46N2O5. The zero-order chi connectivity index (χ0) is 25.6.